The van der Waals surface area contributed by atoms with E-state index in [0.29, 0.717) is 6.61 Å². The highest BCUT2D eigenvalue weighted by atomic mass is 16.5. The minimum absolute atomic E-state index is 0.0174. The zero-order valence-corrected chi connectivity index (χ0v) is 11.4. The third kappa shape index (κ3) is 3.65. The Morgan fingerprint density at radius 3 is 2.74 bits per heavy atom. The second-order valence-corrected chi connectivity index (χ2v) is 4.89. The molecule has 1 aliphatic rings. The summed E-state index contributed by atoms with van der Waals surface area (Å²) in [5.41, 5.74) is 2.92. The molecule has 5 heteroatoms. The third-order valence-corrected chi connectivity index (χ3v) is 3.50. The molecule has 1 fully saturated rings. The van der Waals surface area contributed by atoms with Gasteiger partial charge in [0.25, 0.3) is 0 Å². The van der Waals surface area contributed by atoms with Crippen LogP contribution in [0.2, 0.25) is 0 Å². The van der Waals surface area contributed by atoms with Crippen LogP contribution in [0.25, 0.3) is 0 Å². The first-order valence-electron chi connectivity index (χ1n) is 6.78. The topological polar surface area (TPSA) is 65.8 Å². The monoisotopic (exact) mass is 266 g/mol. The summed E-state index contributed by atoms with van der Waals surface area (Å²) in [5.74, 6) is 0. The van der Waals surface area contributed by atoms with E-state index in [2.05, 4.69) is 9.88 Å². The highest BCUT2D eigenvalue weighted by molar-refractivity contribution is 5.53. The van der Waals surface area contributed by atoms with Crippen molar-refractivity contribution in [1.82, 2.24) is 4.98 Å². The van der Waals surface area contributed by atoms with Gasteiger partial charge in [0.05, 0.1) is 25.9 Å². The number of aliphatic hydroxyl groups excluding tert-OH is 2. The van der Waals surface area contributed by atoms with E-state index in [1.54, 1.807) is 6.20 Å². The van der Waals surface area contributed by atoms with Crippen LogP contribution < -0.4 is 4.90 Å². The minimum Gasteiger partial charge on any atom is -0.394 e. The minimum atomic E-state index is 0.0174. The number of rotatable bonds is 5. The van der Waals surface area contributed by atoms with Gasteiger partial charge in [-0.25, -0.2) is 0 Å². The number of hydrogen-bond donors (Lipinski definition) is 2. The van der Waals surface area contributed by atoms with E-state index >= 15 is 0 Å². The number of hydrogen-bond acceptors (Lipinski definition) is 5. The van der Waals surface area contributed by atoms with Gasteiger partial charge in [-0.2, -0.15) is 0 Å². The second-order valence-electron chi connectivity index (χ2n) is 4.89. The predicted octanol–water partition coefficient (Wildman–Crippen LogP) is 0.860. The average Bonchev–Trinajstić information content (AvgIpc) is 2.45. The van der Waals surface area contributed by atoms with Gasteiger partial charge in [-0.1, -0.05) is 0 Å². The van der Waals surface area contributed by atoms with Gasteiger partial charge in [0.15, 0.2) is 0 Å². The molecule has 2 N–H and O–H groups in total. The zero-order chi connectivity index (χ0) is 13.7. The van der Waals surface area contributed by atoms with E-state index in [4.69, 9.17) is 9.84 Å². The summed E-state index contributed by atoms with van der Waals surface area (Å²) >= 11 is 0. The van der Waals surface area contributed by atoms with Crippen LogP contribution in [-0.2, 0) is 11.3 Å². The first kappa shape index (κ1) is 14.2. The van der Waals surface area contributed by atoms with Crippen molar-refractivity contribution in [2.75, 3.05) is 31.2 Å². The summed E-state index contributed by atoms with van der Waals surface area (Å²) in [7, 11) is 0. The van der Waals surface area contributed by atoms with Gasteiger partial charge >= 0.3 is 0 Å². The first-order valence-corrected chi connectivity index (χ1v) is 6.78. The molecule has 2 rings (SSSR count). The number of pyridine rings is 1. The van der Waals surface area contributed by atoms with Gasteiger partial charge in [-0.05, 0) is 25.8 Å². The van der Waals surface area contributed by atoms with Gasteiger partial charge in [-0.15, -0.1) is 0 Å². The van der Waals surface area contributed by atoms with Gasteiger partial charge < -0.3 is 19.8 Å². The summed E-state index contributed by atoms with van der Waals surface area (Å²) in [6.45, 7) is 4.30. The van der Waals surface area contributed by atoms with Gasteiger partial charge in [-0.3, -0.25) is 4.98 Å². The maximum Gasteiger partial charge on any atom is 0.0717 e. The number of piperidine rings is 1. The summed E-state index contributed by atoms with van der Waals surface area (Å²) in [6.07, 6.45) is 3.89. The first-order chi connectivity index (χ1) is 9.24. The van der Waals surface area contributed by atoms with Gasteiger partial charge in [0, 0.05) is 36.2 Å². The highest BCUT2D eigenvalue weighted by Gasteiger charge is 2.21. The Morgan fingerprint density at radius 1 is 1.37 bits per heavy atom. The van der Waals surface area contributed by atoms with Crippen molar-refractivity contribution in [2.24, 2.45) is 0 Å². The lowest BCUT2D eigenvalue weighted by molar-refractivity contribution is 0.0159. The number of ether oxygens (including phenoxy) is 1. The molecule has 1 saturated heterocycles. The van der Waals surface area contributed by atoms with Crippen LogP contribution in [0, 0.1) is 6.92 Å². The molecule has 1 aromatic rings. The predicted molar refractivity (Wildman–Crippen MR) is 73.2 cm³/mol. The van der Waals surface area contributed by atoms with Crippen LogP contribution in [0.5, 0.6) is 0 Å². The molecule has 1 aromatic heterocycles. The SMILES string of the molecule is Cc1cc(N2CCC(OCCO)CC2)c(CO)cn1. The molecule has 19 heavy (non-hydrogen) atoms. The molecule has 0 aromatic carbocycles. The lowest BCUT2D eigenvalue weighted by Gasteiger charge is -2.34. The lowest BCUT2D eigenvalue weighted by Crippen LogP contribution is -2.38. The number of aryl methyl sites for hydroxylation is 1. The zero-order valence-electron chi connectivity index (χ0n) is 11.4. The van der Waals surface area contributed by atoms with Crippen molar-refractivity contribution in [2.45, 2.75) is 32.5 Å². The van der Waals surface area contributed by atoms with Crippen LogP contribution in [0.1, 0.15) is 24.1 Å². The van der Waals surface area contributed by atoms with Crippen molar-refractivity contribution in [3.63, 3.8) is 0 Å². The average molecular weight is 266 g/mol. The van der Waals surface area contributed by atoms with E-state index in [1.165, 1.54) is 0 Å². The molecule has 0 spiro atoms. The summed E-state index contributed by atoms with van der Waals surface area (Å²) in [5, 5.41) is 18.1. The summed E-state index contributed by atoms with van der Waals surface area (Å²) < 4.78 is 5.56. The van der Waals surface area contributed by atoms with E-state index in [1.807, 2.05) is 13.0 Å². The Labute approximate surface area is 113 Å². The number of anilines is 1. The Hall–Kier alpha value is -1.17. The Kier molecular flexibility index (Phi) is 5.13. The van der Waals surface area contributed by atoms with E-state index in [0.717, 1.165) is 42.9 Å². The van der Waals surface area contributed by atoms with Crippen molar-refractivity contribution in [1.29, 1.82) is 0 Å². The molecule has 106 valence electrons. The molecule has 0 atom stereocenters. The highest BCUT2D eigenvalue weighted by Crippen LogP contribution is 2.25. The van der Waals surface area contributed by atoms with Crippen LogP contribution in [-0.4, -0.2) is 47.6 Å². The Morgan fingerprint density at radius 2 is 2.11 bits per heavy atom. The number of aliphatic hydroxyl groups is 2. The molecular weight excluding hydrogens is 244 g/mol. The normalized spacial score (nSPS) is 16.9. The smallest absolute Gasteiger partial charge is 0.0717 e. The third-order valence-electron chi connectivity index (χ3n) is 3.50. The fraction of sp³-hybridized carbons (Fsp3) is 0.643. The molecular formula is C14H22N2O3. The van der Waals surface area contributed by atoms with Gasteiger partial charge in [0.2, 0.25) is 0 Å². The molecule has 0 saturated carbocycles. The molecule has 0 aliphatic carbocycles. The van der Waals surface area contributed by atoms with Gasteiger partial charge in [0.1, 0.15) is 0 Å². The Balaban J connectivity index is 1.99. The van der Waals surface area contributed by atoms with Crippen LogP contribution in [0.15, 0.2) is 12.3 Å². The van der Waals surface area contributed by atoms with Crippen molar-refractivity contribution in [3.8, 4) is 0 Å². The molecule has 2 heterocycles. The fourth-order valence-corrected chi connectivity index (χ4v) is 2.47. The van der Waals surface area contributed by atoms with Crippen LogP contribution in [0.3, 0.4) is 0 Å². The molecule has 0 amide bonds. The van der Waals surface area contributed by atoms with E-state index in [9.17, 15) is 5.11 Å². The Bertz CT molecular complexity index is 404. The summed E-state index contributed by atoms with van der Waals surface area (Å²) in [4.78, 5) is 6.50. The molecule has 1 aliphatic heterocycles. The fourth-order valence-electron chi connectivity index (χ4n) is 2.47. The molecule has 0 bridgehead atoms. The van der Waals surface area contributed by atoms with E-state index in [-0.39, 0.29) is 19.3 Å². The quantitative estimate of drug-likeness (QED) is 0.827. The van der Waals surface area contributed by atoms with Crippen molar-refractivity contribution >= 4 is 5.69 Å². The second kappa shape index (κ2) is 6.84. The van der Waals surface area contributed by atoms with E-state index < -0.39 is 0 Å². The van der Waals surface area contributed by atoms with Crippen molar-refractivity contribution in [3.05, 3.63) is 23.5 Å². The number of aromatic nitrogens is 1. The van der Waals surface area contributed by atoms with Crippen molar-refractivity contribution < 1.29 is 14.9 Å². The lowest BCUT2D eigenvalue weighted by atomic mass is 10.1. The molecule has 0 radical (unpaired) electrons. The molecule has 0 unspecified atom stereocenters. The maximum absolute atomic E-state index is 9.39. The standard InChI is InChI=1S/C14H22N2O3/c1-11-8-14(12(10-18)9-15-11)16-4-2-13(3-5-16)19-7-6-17/h8-9,13,17-18H,2-7,10H2,1H3. The van der Waals surface area contributed by atoms with Crippen LogP contribution in [0.4, 0.5) is 5.69 Å². The summed E-state index contributed by atoms with van der Waals surface area (Å²) in [6, 6.07) is 2.03. The molecule has 5 nitrogen and oxygen atoms in total. The number of nitrogens with zero attached hydrogens (tertiary/aromatic N) is 2. The van der Waals surface area contributed by atoms with Crippen LogP contribution >= 0.6 is 0 Å². The largest absolute Gasteiger partial charge is 0.394 e. The maximum atomic E-state index is 9.39.